The van der Waals surface area contributed by atoms with Crippen LogP contribution in [-0.2, 0) is 15.8 Å². The van der Waals surface area contributed by atoms with Crippen molar-refractivity contribution in [3.8, 4) is 0 Å². The Kier molecular flexibility index (Phi) is 4.86. The molecule has 0 heterocycles. The van der Waals surface area contributed by atoms with Crippen LogP contribution in [0.1, 0.15) is 32.8 Å². The third kappa shape index (κ3) is 4.63. The molecule has 2 N–H and O–H groups in total. The Morgan fingerprint density at radius 2 is 1.71 bits per heavy atom. The molecule has 4 nitrogen and oxygen atoms in total. The molecule has 0 saturated heterocycles. The van der Waals surface area contributed by atoms with Crippen molar-refractivity contribution in [2.24, 2.45) is 11.8 Å². The van der Waals surface area contributed by atoms with Crippen LogP contribution in [0.15, 0.2) is 18.2 Å². The maximum absolute atomic E-state index is 12.8. The number of amides is 2. The minimum Gasteiger partial charge on any atom is -0.351 e. The first-order valence-electron chi connectivity index (χ1n) is 7.38. The highest BCUT2D eigenvalue weighted by atomic mass is 35.5. The number of anilines is 1. The lowest BCUT2D eigenvalue weighted by Crippen LogP contribution is -2.42. The first-order valence-corrected chi connectivity index (χ1v) is 7.76. The fraction of sp³-hybridized carbons (Fsp3) is 0.500. The summed E-state index contributed by atoms with van der Waals surface area (Å²) in [6.45, 7) is 5.48. The Morgan fingerprint density at radius 1 is 1.12 bits per heavy atom. The van der Waals surface area contributed by atoms with Gasteiger partial charge in [-0.2, -0.15) is 13.2 Å². The highest BCUT2D eigenvalue weighted by Gasteiger charge is 2.48. The number of rotatable bonds is 3. The predicted molar refractivity (Wildman–Crippen MR) is 84.6 cm³/mol. The molecule has 132 valence electrons. The zero-order valence-electron chi connectivity index (χ0n) is 13.4. The third-order valence-corrected chi connectivity index (χ3v) is 3.83. The van der Waals surface area contributed by atoms with Gasteiger partial charge in [0.05, 0.1) is 22.4 Å². The van der Waals surface area contributed by atoms with E-state index in [1.54, 1.807) is 0 Å². The van der Waals surface area contributed by atoms with Gasteiger partial charge in [-0.05, 0) is 45.4 Å². The van der Waals surface area contributed by atoms with Gasteiger partial charge in [-0.25, -0.2) is 0 Å². The molecule has 0 radical (unpaired) electrons. The van der Waals surface area contributed by atoms with Crippen LogP contribution in [0.2, 0.25) is 5.02 Å². The lowest BCUT2D eigenvalue weighted by molar-refractivity contribution is -0.137. The van der Waals surface area contributed by atoms with E-state index in [4.69, 9.17) is 11.6 Å². The monoisotopic (exact) mass is 362 g/mol. The Morgan fingerprint density at radius 3 is 2.25 bits per heavy atom. The molecule has 1 aromatic carbocycles. The quantitative estimate of drug-likeness (QED) is 0.858. The molecule has 2 unspecified atom stereocenters. The second-order valence-electron chi connectivity index (χ2n) is 6.87. The van der Waals surface area contributed by atoms with Crippen molar-refractivity contribution >= 4 is 29.1 Å². The summed E-state index contributed by atoms with van der Waals surface area (Å²) in [5.41, 5.74) is -1.42. The van der Waals surface area contributed by atoms with E-state index in [2.05, 4.69) is 10.6 Å². The molecular weight excluding hydrogens is 345 g/mol. The van der Waals surface area contributed by atoms with E-state index in [9.17, 15) is 22.8 Å². The summed E-state index contributed by atoms with van der Waals surface area (Å²) < 4.78 is 38.4. The van der Waals surface area contributed by atoms with E-state index < -0.39 is 40.0 Å². The molecule has 0 spiro atoms. The fourth-order valence-electron chi connectivity index (χ4n) is 2.29. The van der Waals surface area contributed by atoms with Gasteiger partial charge >= 0.3 is 6.18 Å². The van der Waals surface area contributed by atoms with E-state index in [0.29, 0.717) is 6.42 Å². The molecule has 1 aliphatic rings. The normalized spacial score (nSPS) is 20.5. The summed E-state index contributed by atoms with van der Waals surface area (Å²) in [5, 5.41) is 4.76. The first kappa shape index (κ1) is 18.6. The zero-order valence-corrected chi connectivity index (χ0v) is 14.2. The summed E-state index contributed by atoms with van der Waals surface area (Å²) in [5.74, 6) is -1.68. The van der Waals surface area contributed by atoms with Crippen LogP contribution in [0.5, 0.6) is 0 Å². The number of nitrogens with one attached hydrogen (secondary N) is 2. The van der Waals surface area contributed by atoms with E-state index in [1.165, 1.54) is 6.07 Å². The number of carbonyl (C=O) groups excluding carboxylic acids is 2. The van der Waals surface area contributed by atoms with Crippen molar-refractivity contribution in [2.75, 3.05) is 5.32 Å². The average molecular weight is 363 g/mol. The molecule has 1 aromatic rings. The van der Waals surface area contributed by atoms with Crippen LogP contribution >= 0.6 is 11.6 Å². The SMILES string of the molecule is CC(C)(C)NC(=O)C1CC1C(=O)Nc1ccc(Cl)c(C(F)(F)F)c1. The minimum atomic E-state index is -4.60. The summed E-state index contributed by atoms with van der Waals surface area (Å²) in [6.07, 6.45) is -4.22. The van der Waals surface area contributed by atoms with Crippen molar-refractivity contribution in [3.63, 3.8) is 0 Å². The van der Waals surface area contributed by atoms with Crippen LogP contribution in [0.4, 0.5) is 18.9 Å². The maximum Gasteiger partial charge on any atom is 0.417 e. The summed E-state index contributed by atoms with van der Waals surface area (Å²) in [6, 6.07) is 3.16. The Labute approximate surface area is 142 Å². The van der Waals surface area contributed by atoms with Crippen molar-refractivity contribution in [3.05, 3.63) is 28.8 Å². The average Bonchev–Trinajstić information content (AvgIpc) is 3.18. The number of hydrogen-bond acceptors (Lipinski definition) is 2. The zero-order chi connectivity index (χ0) is 18.3. The largest absolute Gasteiger partial charge is 0.417 e. The van der Waals surface area contributed by atoms with Gasteiger partial charge in [-0.3, -0.25) is 9.59 Å². The molecule has 8 heteroatoms. The summed E-state index contributed by atoms with van der Waals surface area (Å²) in [4.78, 5) is 24.1. The van der Waals surface area contributed by atoms with E-state index >= 15 is 0 Å². The van der Waals surface area contributed by atoms with Gasteiger partial charge in [0.25, 0.3) is 0 Å². The van der Waals surface area contributed by atoms with Crippen molar-refractivity contribution in [1.82, 2.24) is 5.32 Å². The molecule has 1 aliphatic carbocycles. The van der Waals surface area contributed by atoms with Crippen LogP contribution in [0.3, 0.4) is 0 Å². The Balaban J connectivity index is 2.01. The van der Waals surface area contributed by atoms with Gasteiger partial charge in [0.15, 0.2) is 0 Å². The van der Waals surface area contributed by atoms with E-state index in [0.717, 1.165) is 12.1 Å². The molecule has 2 amide bonds. The molecule has 0 bridgehead atoms. The minimum absolute atomic E-state index is 0.00129. The highest BCUT2D eigenvalue weighted by molar-refractivity contribution is 6.31. The second-order valence-corrected chi connectivity index (χ2v) is 7.28. The van der Waals surface area contributed by atoms with E-state index in [-0.39, 0.29) is 11.6 Å². The lowest BCUT2D eigenvalue weighted by atomic mass is 10.1. The van der Waals surface area contributed by atoms with Crippen molar-refractivity contribution in [1.29, 1.82) is 0 Å². The van der Waals surface area contributed by atoms with Gasteiger partial charge in [-0.15, -0.1) is 0 Å². The number of alkyl halides is 3. The summed E-state index contributed by atoms with van der Waals surface area (Å²) >= 11 is 5.53. The third-order valence-electron chi connectivity index (χ3n) is 3.50. The standard InChI is InChI=1S/C16H18ClF3N2O2/c1-15(2,3)22-14(24)10-7-9(10)13(23)21-8-4-5-12(17)11(6-8)16(18,19)20/h4-6,9-10H,7H2,1-3H3,(H,21,23)(H,22,24). The molecule has 2 rings (SSSR count). The van der Waals surface area contributed by atoms with Crippen molar-refractivity contribution in [2.45, 2.75) is 38.9 Å². The van der Waals surface area contributed by atoms with Gasteiger partial charge < -0.3 is 10.6 Å². The molecule has 0 aliphatic heterocycles. The smallest absolute Gasteiger partial charge is 0.351 e. The Hall–Kier alpha value is -1.76. The maximum atomic E-state index is 12.8. The van der Waals surface area contributed by atoms with Gasteiger partial charge in [0.1, 0.15) is 0 Å². The van der Waals surface area contributed by atoms with Crippen molar-refractivity contribution < 1.29 is 22.8 Å². The topological polar surface area (TPSA) is 58.2 Å². The van der Waals surface area contributed by atoms with Crippen LogP contribution in [0, 0.1) is 11.8 Å². The molecule has 1 fully saturated rings. The molecular formula is C16H18ClF3N2O2. The number of carbonyl (C=O) groups is 2. The van der Waals surface area contributed by atoms with Gasteiger partial charge in [0, 0.05) is 11.2 Å². The lowest BCUT2D eigenvalue weighted by Gasteiger charge is -2.20. The fourth-order valence-corrected chi connectivity index (χ4v) is 2.52. The predicted octanol–water partition coefficient (Wildman–Crippen LogP) is 3.85. The number of benzene rings is 1. The molecule has 0 aromatic heterocycles. The molecule has 24 heavy (non-hydrogen) atoms. The highest BCUT2D eigenvalue weighted by Crippen LogP contribution is 2.41. The van der Waals surface area contributed by atoms with Crippen LogP contribution in [0.25, 0.3) is 0 Å². The van der Waals surface area contributed by atoms with Crippen LogP contribution < -0.4 is 10.6 Å². The number of hydrogen-bond donors (Lipinski definition) is 2. The van der Waals surface area contributed by atoms with Crippen LogP contribution in [-0.4, -0.2) is 17.4 Å². The van der Waals surface area contributed by atoms with Gasteiger partial charge in [-0.1, -0.05) is 11.6 Å². The summed E-state index contributed by atoms with van der Waals surface area (Å²) in [7, 11) is 0. The van der Waals surface area contributed by atoms with E-state index in [1.807, 2.05) is 20.8 Å². The molecule has 1 saturated carbocycles. The van der Waals surface area contributed by atoms with Gasteiger partial charge in [0.2, 0.25) is 11.8 Å². The molecule has 2 atom stereocenters. The number of halogens is 4. The Bertz CT molecular complexity index is 668. The first-order chi connectivity index (χ1) is 10.9. The second kappa shape index (κ2) is 6.27.